The van der Waals surface area contributed by atoms with Gasteiger partial charge in [0.2, 0.25) is 11.8 Å². The van der Waals surface area contributed by atoms with Crippen molar-refractivity contribution >= 4 is 29.5 Å². The number of nitrogens with one attached hydrogen (secondary N) is 2. The normalized spacial score (nSPS) is 21.9. The highest BCUT2D eigenvalue weighted by atomic mass is 16.5. The zero-order chi connectivity index (χ0) is 34.1. The summed E-state index contributed by atoms with van der Waals surface area (Å²) in [4.78, 5) is 70.8. The maximum absolute atomic E-state index is 14.7. The molecule has 2 saturated carbocycles. The van der Waals surface area contributed by atoms with E-state index in [9.17, 15) is 24.0 Å². The van der Waals surface area contributed by atoms with Gasteiger partial charge in [0.05, 0.1) is 30.3 Å². The summed E-state index contributed by atoms with van der Waals surface area (Å²) in [6, 6.07) is 13.4. The SMILES string of the molecule is Cc1cc(C(=O)NCCOc2cccc3c2C(CN2C(=O)c4ccccc4C2=O)N(C(=O)[C@@H]2CCCC[C@@H]2C(=O)NC2CCC2)CC3)no1. The van der Waals surface area contributed by atoms with Crippen molar-refractivity contribution in [2.45, 2.75) is 70.4 Å². The van der Waals surface area contributed by atoms with Crippen molar-refractivity contribution in [2.24, 2.45) is 11.8 Å². The van der Waals surface area contributed by atoms with Gasteiger partial charge in [-0.2, -0.15) is 0 Å². The Labute approximate surface area is 284 Å². The minimum absolute atomic E-state index is 0.0519. The van der Waals surface area contributed by atoms with Crippen LogP contribution in [0.4, 0.5) is 0 Å². The average Bonchev–Trinajstić information content (AvgIpc) is 3.64. The fraction of sp³-hybridized carbons (Fsp3) is 0.459. The van der Waals surface area contributed by atoms with Gasteiger partial charge in [-0.1, -0.05) is 42.3 Å². The molecule has 1 unspecified atom stereocenters. The third kappa shape index (κ3) is 6.43. The number of carbonyl (C=O) groups excluding carboxylic acids is 5. The molecule has 2 aliphatic carbocycles. The van der Waals surface area contributed by atoms with E-state index in [2.05, 4.69) is 15.8 Å². The summed E-state index contributed by atoms with van der Waals surface area (Å²) in [6.07, 6.45) is 6.57. The number of hydrogen-bond acceptors (Lipinski definition) is 8. The first-order valence-electron chi connectivity index (χ1n) is 17.3. The van der Waals surface area contributed by atoms with Gasteiger partial charge in [0.25, 0.3) is 17.7 Å². The molecular formula is C37H41N5O7. The smallest absolute Gasteiger partial charge is 0.273 e. The summed E-state index contributed by atoms with van der Waals surface area (Å²) in [7, 11) is 0. The Morgan fingerprint density at radius 2 is 1.67 bits per heavy atom. The van der Waals surface area contributed by atoms with E-state index in [1.54, 1.807) is 48.2 Å². The number of carbonyl (C=O) groups is 5. The Kier molecular flexibility index (Phi) is 9.20. The van der Waals surface area contributed by atoms with E-state index >= 15 is 0 Å². The number of aromatic nitrogens is 1. The van der Waals surface area contributed by atoms with Crippen molar-refractivity contribution in [3.8, 4) is 5.75 Å². The number of aryl methyl sites for hydroxylation is 1. The Bertz CT molecular complexity index is 1750. The number of imide groups is 1. The van der Waals surface area contributed by atoms with Crippen molar-refractivity contribution in [3.63, 3.8) is 0 Å². The summed E-state index contributed by atoms with van der Waals surface area (Å²) in [5, 5.41) is 9.69. The molecular weight excluding hydrogens is 626 g/mol. The molecule has 4 aliphatic rings. The predicted octanol–water partition coefficient (Wildman–Crippen LogP) is 3.99. The Morgan fingerprint density at radius 1 is 0.939 bits per heavy atom. The molecule has 2 aliphatic heterocycles. The molecule has 1 aromatic heterocycles. The van der Waals surface area contributed by atoms with Crippen LogP contribution in [-0.4, -0.2) is 76.8 Å². The topological polar surface area (TPSA) is 151 Å². The first-order chi connectivity index (χ1) is 23.8. The molecule has 2 aromatic carbocycles. The van der Waals surface area contributed by atoms with Crippen molar-refractivity contribution in [2.75, 3.05) is 26.2 Å². The molecule has 2 N–H and O–H groups in total. The lowest BCUT2D eigenvalue weighted by molar-refractivity contribution is -0.146. The van der Waals surface area contributed by atoms with E-state index in [-0.39, 0.29) is 49.2 Å². The van der Waals surface area contributed by atoms with Gasteiger partial charge in [0, 0.05) is 36.1 Å². The summed E-state index contributed by atoms with van der Waals surface area (Å²) in [5.41, 5.74) is 2.52. The third-order valence-electron chi connectivity index (χ3n) is 10.4. The average molecular weight is 668 g/mol. The standard InChI is InChI=1S/C37H41N5O7/c1-22-20-29(40-49-22)34(44)38-17-19-48-31-15-6-8-23-16-18-41(35(45)26-12-3-2-11-25(26)33(43)39-24-9-7-10-24)30(32(23)31)21-42-36(46)27-13-4-5-14-28(27)37(42)47/h4-6,8,13-15,20,24-26,30H,2-3,7,9-12,16-19,21H2,1H3,(H,38,44)(H,39,43)/t25-,26+,30?/m0/s1. The molecule has 5 amide bonds. The van der Waals surface area contributed by atoms with Gasteiger partial charge < -0.3 is 24.8 Å². The van der Waals surface area contributed by atoms with Gasteiger partial charge in [0.1, 0.15) is 18.1 Å². The van der Waals surface area contributed by atoms with E-state index in [0.717, 1.165) is 43.2 Å². The van der Waals surface area contributed by atoms with Crippen LogP contribution in [0.1, 0.15) is 99.1 Å². The second-order valence-electron chi connectivity index (χ2n) is 13.5. The van der Waals surface area contributed by atoms with Crippen molar-refractivity contribution in [3.05, 3.63) is 82.2 Å². The minimum Gasteiger partial charge on any atom is -0.491 e. The second-order valence-corrected chi connectivity index (χ2v) is 13.5. The van der Waals surface area contributed by atoms with Crippen LogP contribution in [0.25, 0.3) is 0 Å². The van der Waals surface area contributed by atoms with E-state index in [1.807, 2.05) is 12.1 Å². The van der Waals surface area contributed by atoms with Crippen LogP contribution in [-0.2, 0) is 16.0 Å². The van der Waals surface area contributed by atoms with Gasteiger partial charge in [-0.15, -0.1) is 0 Å². The van der Waals surface area contributed by atoms with Crippen LogP contribution in [0.3, 0.4) is 0 Å². The minimum atomic E-state index is -0.695. The van der Waals surface area contributed by atoms with E-state index in [0.29, 0.717) is 48.4 Å². The molecule has 3 atom stereocenters. The largest absolute Gasteiger partial charge is 0.491 e. The highest BCUT2D eigenvalue weighted by molar-refractivity contribution is 6.21. The molecule has 0 bridgehead atoms. The van der Waals surface area contributed by atoms with E-state index in [1.165, 1.54) is 4.90 Å². The Hall–Kier alpha value is -5.00. The van der Waals surface area contributed by atoms with Crippen molar-refractivity contribution in [1.29, 1.82) is 0 Å². The maximum Gasteiger partial charge on any atom is 0.273 e. The highest BCUT2D eigenvalue weighted by Gasteiger charge is 2.45. The fourth-order valence-electron chi connectivity index (χ4n) is 7.60. The summed E-state index contributed by atoms with van der Waals surface area (Å²) in [6.45, 7) is 2.33. The number of rotatable bonds is 10. The molecule has 3 aromatic rings. The lowest BCUT2D eigenvalue weighted by atomic mass is 9.76. The van der Waals surface area contributed by atoms with Gasteiger partial charge in [-0.25, -0.2) is 0 Å². The fourth-order valence-corrected chi connectivity index (χ4v) is 7.60. The zero-order valence-corrected chi connectivity index (χ0v) is 27.6. The molecule has 0 saturated heterocycles. The van der Waals surface area contributed by atoms with Gasteiger partial charge >= 0.3 is 0 Å². The van der Waals surface area contributed by atoms with Crippen LogP contribution >= 0.6 is 0 Å². The summed E-state index contributed by atoms with van der Waals surface area (Å²) >= 11 is 0. The lowest BCUT2D eigenvalue weighted by Gasteiger charge is -2.43. The maximum atomic E-state index is 14.7. The van der Waals surface area contributed by atoms with Gasteiger partial charge in [-0.05, 0) is 69.2 Å². The molecule has 3 heterocycles. The monoisotopic (exact) mass is 667 g/mol. The number of nitrogens with zero attached hydrogens (tertiary/aromatic N) is 3. The number of amides is 5. The molecule has 7 rings (SSSR count). The Balaban J connectivity index is 1.16. The molecule has 12 heteroatoms. The van der Waals surface area contributed by atoms with Gasteiger partial charge in [0.15, 0.2) is 5.69 Å². The van der Waals surface area contributed by atoms with Crippen LogP contribution in [0.15, 0.2) is 53.1 Å². The van der Waals surface area contributed by atoms with Crippen LogP contribution in [0.2, 0.25) is 0 Å². The molecule has 2 fully saturated rings. The first-order valence-corrected chi connectivity index (χ1v) is 17.3. The van der Waals surface area contributed by atoms with Crippen LogP contribution in [0.5, 0.6) is 5.75 Å². The van der Waals surface area contributed by atoms with Gasteiger partial charge in [-0.3, -0.25) is 28.9 Å². The quantitative estimate of drug-likeness (QED) is 0.243. The number of fused-ring (bicyclic) bond motifs is 2. The predicted molar refractivity (Wildman–Crippen MR) is 177 cm³/mol. The van der Waals surface area contributed by atoms with Crippen molar-refractivity contribution < 1.29 is 33.2 Å². The summed E-state index contributed by atoms with van der Waals surface area (Å²) < 4.78 is 11.2. The Morgan fingerprint density at radius 3 is 2.35 bits per heavy atom. The van der Waals surface area contributed by atoms with Crippen LogP contribution in [0, 0.1) is 18.8 Å². The van der Waals surface area contributed by atoms with E-state index in [4.69, 9.17) is 9.26 Å². The van der Waals surface area contributed by atoms with E-state index < -0.39 is 29.7 Å². The lowest BCUT2D eigenvalue weighted by Crippen LogP contribution is -2.52. The zero-order valence-electron chi connectivity index (χ0n) is 27.6. The van der Waals surface area contributed by atoms with Crippen LogP contribution < -0.4 is 15.4 Å². The molecule has 0 radical (unpaired) electrons. The first kappa shape index (κ1) is 32.5. The molecule has 256 valence electrons. The number of hydrogen-bond donors (Lipinski definition) is 2. The molecule has 12 nitrogen and oxygen atoms in total. The second kappa shape index (κ2) is 13.9. The summed E-state index contributed by atoms with van der Waals surface area (Å²) in [5.74, 6) is -1.27. The highest BCUT2D eigenvalue weighted by Crippen LogP contribution is 2.41. The molecule has 49 heavy (non-hydrogen) atoms. The third-order valence-corrected chi connectivity index (χ3v) is 10.4. The number of ether oxygens (including phenoxy) is 1. The van der Waals surface area contributed by atoms with Crippen molar-refractivity contribution in [1.82, 2.24) is 25.6 Å². The molecule has 0 spiro atoms. The number of benzene rings is 2.